The summed E-state index contributed by atoms with van der Waals surface area (Å²) in [5, 5.41) is 3.71. The maximum atomic E-state index is 13.3. The summed E-state index contributed by atoms with van der Waals surface area (Å²) in [5.74, 6) is 3.56. The molecule has 0 radical (unpaired) electrons. The number of hydrogen-bond donors (Lipinski definition) is 2. The minimum Gasteiger partial charge on any atom is -0.489 e. The van der Waals surface area contributed by atoms with Crippen LogP contribution in [0.1, 0.15) is 40.6 Å². The van der Waals surface area contributed by atoms with Gasteiger partial charge in [0.05, 0.1) is 16.6 Å². The predicted octanol–water partition coefficient (Wildman–Crippen LogP) is 6.42. The lowest BCUT2D eigenvalue weighted by atomic mass is 9.77. The van der Waals surface area contributed by atoms with E-state index in [0.717, 1.165) is 46.1 Å². The van der Waals surface area contributed by atoms with Gasteiger partial charge >= 0.3 is 0 Å². The van der Waals surface area contributed by atoms with Gasteiger partial charge in [-0.3, -0.25) is 4.72 Å². The number of thioether (sulfide) groups is 1. The predicted molar refractivity (Wildman–Crippen MR) is 148 cm³/mol. The molecule has 1 fully saturated rings. The number of aryl methyl sites for hydroxylation is 2. The first-order chi connectivity index (χ1) is 17.4. The van der Waals surface area contributed by atoms with Crippen LogP contribution in [0.25, 0.3) is 0 Å². The second-order valence-corrected chi connectivity index (χ2v) is 12.8. The lowest BCUT2D eigenvalue weighted by Gasteiger charge is -2.38. The third-order valence-corrected chi connectivity index (χ3v) is 10.00. The van der Waals surface area contributed by atoms with Crippen molar-refractivity contribution in [3.8, 4) is 5.75 Å². The fourth-order valence-electron chi connectivity index (χ4n) is 5.43. The summed E-state index contributed by atoms with van der Waals surface area (Å²) in [6, 6.07) is 19.8. The Morgan fingerprint density at radius 3 is 2.53 bits per heavy atom. The van der Waals surface area contributed by atoms with Crippen LogP contribution in [-0.2, 0) is 10.0 Å². The molecule has 1 aliphatic carbocycles. The van der Waals surface area contributed by atoms with Crippen molar-refractivity contribution in [3.05, 3.63) is 95.1 Å². The van der Waals surface area contributed by atoms with E-state index in [4.69, 9.17) is 4.74 Å². The SMILES string of the molecule is Cc1ccc(NS(=O)(=O)c2ccc3c(c2)[C@H]2C=CC[C@H]2[C@@H](c2ccc(OC4CSC4)cc2)N3)c(C)c1. The largest absolute Gasteiger partial charge is 0.489 e. The number of benzene rings is 3. The van der Waals surface area contributed by atoms with E-state index in [1.165, 1.54) is 5.56 Å². The van der Waals surface area contributed by atoms with E-state index in [1.54, 1.807) is 6.07 Å². The summed E-state index contributed by atoms with van der Waals surface area (Å²) in [7, 11) is -3.71. The molecule has 2 aliphatic heterocycles. The summed E-state index contributed by atoms with van der Waals surface area (Å²) >= 11 is 1.91. The average Bonchev–Trinajstić information content (AvgIpc) is 3.33. The Bertz CT molecular complexity index is 1430. The van der Waals surface area contributed by atoms with Crippen molar-refractivity contribution in [1.82, 2.24) is 0 Å². The second-order valence-electron chi connectivity index (χ2n) is 9.99. The van der Waals surface area contributed by atoms with Gasteiger partial charge in [0.15, 0.2) is 0 Å². The van der Waals surface area contributed by atoms with Crippen LogP contribution in [0, 0.1) is 19.8 Å². The Kier molecular flexibility index (Phi) is 6.00. The molecule has 2 heterocycles. The van der Waals surface area contributed by atoms with Crippen molar-refractivity contribution < 1.29 is 13.2 Å². The molecule has 1 saturated heterocycles. The van der Waals surface area contributed by atoms with Crippen LogP contribution in [0.3, 0.4) is 0 Å². The fourth-order valence-corrected chi connectivity index (χ4v) is 7.16. The van der Waals surface area contributed by atoms with Crippen LogP contribution >= 0.6 is 11.8 Å². The lowest BCUT2D eigenvalue weighted by Crippen LogP contribution is -2.31. The highest BCUT2D eigenvalue weighted by molar-refractivity contribution is 8.00. The van der Waals surface area contributed by atoms with Crippen molar-refractivity contribution >= 4 is 33.2 Å². The standard InChI is InChI=1S/C29H30N2O3S2/c1-18-6-12-27(19(2)14-18)31-36(32,33)23-11-13-28-26(15-23)24-4-3-5-25(24)29(30-28)20-7-9-21(10-8-20)34-22-16-35-17-22/h3-4,6-15,22,24-25,29-31H,5,16-17H2,1-2H3/t24-,25+,29+/m0/s1. The summed E-state index contributed by atoms with van der Waals surface area (Å²) in [6.45, 7) is 3.91. The number of rotatable bonds is 6. The zero-order chi connectivity index (χ0) is 24.9. The number of fused-ring (bicyclic) bond motifs is 3. The highest BCUT2D eigenvalue weighted by Gasteiger charge is 2.38. The molecule has 2 N–H and O–H groups in total. The van der Waals surface area contributed by atoms with Gasteiger partial charge in [0, 0.05) is 23.1 Å². The summed E-state index contributed by atoms with van der Waals surface area (Å²) in [6.07, 6.45) is 5.74. The van der Waals surface area contributed by atoms with E-state index in [-0.39, 0.29) is 16.9 Å². The highest BCUT2D eigenvalue weighted by Crippen LogP contribution is 2.50. The minimum absolute atomic E-state index is 0.154. The third-order valence-electron chi connectivity index (χ3n) is 7.42. The van der Waals surface area contributed by atoms with Crippen LogP contribution in [0.15, 0.2) is 77.7 Å². The van der Waals surface area contributed by atoms with Gasteiger partial charge in [0.25, 0.3) is 10.0 Å². The lowest BCUT2D eigenvalue weighted by molar-refractivity contribution is 0.240. The molecule has 0 bridgehead atoms. The van der Waals surface area contributed by atoms with Gasteiger partial charge in [0.1, 0.15) is 11.9 Å². The number of anilines is 2. The molecular weight excluding hydrogens is 488 g/mol. The molecule has 0 aromatic heterocycles. The molecule has 3 aliphatic rings. The van der Waals surface area contributed by atoms with Gasteiger partial charge < -0.3 is 10.1 Å². The maximum Gasteiger partial charge on any atom is 0.261 e. The van der Waals surface area contributed by atoms with E-state index < -0.39 is 10.0 Å². The molecule has 36 heavy (non-hydrogen) atoms. The van der Waals surface area contributed by atoms with Crippen LogP contribution in [0.5, 0.6) is 5.75 Å². The number of nitrogens with one attached hydrogen (secondary N) is 2. The quantitative estimate of drug-likeness (QED) is 0.368. The summed E-state index contributed by atoms with van der Waals surface area (Å²) in [5.41, 5.74) is 5.87. The minimum atomic E-state index is -3.71. The van der Waals surface area contributed by atoms with Gasteiger partial charge in [-0.15, -0.1) is 0 Å². The average molecular weight is 519 g/mol. The number of hydrogen-bond acceptors (Lipinski definition) is 5. The van der Waals surface area contributed by atoms with E-state index in [1.807, 2.05) is 55.9 Å². The Hall–Kier alpha value is -2.90. The molecule has 0 unspecified atom stereocenters. The van der Waals surface area contributed by atoms with Gasteiger partial charge in [-0.25, -0.2) is 8.42 Å². The molecule has 6 rings (SSSR count). The molecule has 0 spiro atoms. The third kappa shape index (κ3) is 4.39. The topological polar surface area (TPSA) is 67.4 Å². The van der Waals surface area contributed by atoms with Gasteiger partial charge in [-0.05, 0) is 79.3 Å². The summed E-state index contributed by atoms with van der Waals surface area (Å²) in [4.78, 5) is 0.288. The first-order valence-electron chi connectivity index (χ1n) is 12.4. The van der Waals surface area contributed by atoms with Gasteiger partial charge in [-0.1, -0.05) is 42.0 Å². The Morgan fingerprint density at radius 1 is 1.00 bits per heavy atom. The molecule has 3 atom stereocenters. The Morgan fingerprint density at radius 2 is 1.81 bits per heavy atom. The molecule has 0 amide bonds. The second kappa shape index (κ2) is 9.20. The van der Waals surface area contributed by atoms with E-state index in [2.05, 4.69) is 46.5 Å². The van der Waals surface area contributed by atoms with Crippen molar-refractivity contribution in [2.24, 2.45) is 5.92 Å². The van der Waals surface area contributed by atoms with Gasteiger partial charge in [-0.2, -0.15) is 11.8 Å². The van der Waals surface area contributed by atoms with Crippen LogP contribution < -0.4 is 14.8 Å². The number of sulfonamides is 1. The molecular formula is C29H30N2O3S2. The van der Waals surface area contributed by atoms with Crippen LogP contribution in [0.2, 0.25) is 0 Å². The monoisotopic (exact) mass is 518 g/mol. The van der Waals surface area contributed by atoms with Crippen molar-refractivity contribution in [2.45, 2.75) is 43.2 Å². The van der Waals surface area contributed by atoms with E-state index in [0.29, 0.717) is 17.7 Å². The van der Waals surface area contributed by atoms with Crippen molar-refractivity contribution in [2.75, 3.05) is 21.5 Å². The van der Waals surface area contributed by atoms with E-state index >= 15 is 0 Å². The summed E-state index contributed by atoms with van der Waals surface area (Å²) < 4.78 is 35.3. The maximum absolute atomic E-state index is 13.3. The zero-order valence-corrected chi connectivity index (χ0v) is 22.0. The van der Waals surface area contributed by atoms with Gasteiger partial charge in [0.2, 0.25) is 0 Å². The van der Waals surface area contributed by atoms with Crippen molar-refractivity contribution in [1.29, 1.82) is 0 Å². The van der Waals surface area contributed by atoms with Crippen LogP contribution in [-0.4, -0.2) is 26.0 Å². The molecule has 3 aromatic carbocycles. The Balaban J connectivity index is 1.26. The van der Waals surface area contributed by atoms with E-state index in [9.17, 15) is 8.42 Å². The number of ether oxygens (including phenoxy) is 1. The molecule has 0 saturated carbocycles. The first-order valence-corrected chi connectivity index (χ1v) is 15.0. The molecule has 186 valence electrons. The molecule has 3 aromatic rings. The fraction of sp³-hybridized carbons (Fsp3) is 0.310. The highest BCUT2D eigenvalue weighted by atomic mass is 32.2. The normalized spacial score (nSPS) is 22.8. The first kappa shape index (κ1) is 23.5. The van der Waals surface area contributed by atoms with Crippen molar-refractivity contribution in [3.63, 3.8) is 0 Å². The molecule has 5 nitrogen and oxygen atoms in total. The Labute approximate surface area is 217 Å². The smallest absolute Gasteiger partial charge is 0.261 e. The zero-order valence-electron chi connectivity index (χ0n) is 20.4. The number of allylic oxidation sites excluding steroid dienone is 2. The van der Waals surface area contributed by atoms with Crippen LogP contribution in [0.4, 0.5) is 11.4 Å². The molecule has 7 heteroatoms.